The monoisotopic (exact) mass is 302 g/mol. The van der Waals surface area contributed by atoms with E-state index in [9.17, 15) is 9.83 Å². The zero-order valence-electron chi connectivity index (χ0n) is 13.3. The summed E-state index contributed by atoms with van der Waals surface area (Å²) < 4.78 is 23.4. The van der Waals surface area contributed by atoms with Gasteiger partial charge in [-0.2, -0.15) is 5.26 Å². The molecule has 0 spiro atoms. The summed E-state index contributed by atoms with van der Waals surface area (Å²) in [6.07, 6.45) is 1.85. The Hall–Kier alpha value is -0.820. The highest BCUT2D eigenvalue weighted by molar-refractivity contribution is 7.58. The van der Waals surface area contributed by atoms with Gasteiger partial charge in [0.25, 0.3) is 0 Å². The van der Waals surface area contributed by atoms with E-state index in [4.69, 9.17) is 9.05 Å². The standard InChI is InChI=1S/C14H27N2O3P/c1-6-10-16(11-7-2)14(12-15)13(5)20(17,18-8-3)19-9-4/h6-11H2,1-5H3/b14-13+. The maximum atomic E-state index is 12.7. The lowest BCUT2D eigenvalue weighted by Crippen LogP contribution is -2.25. The molecule has 0 amide bonds. The minimum absolute atomic E-state index is 0.287. The van der Waals surface area contributed by atoms with Gasteiger partial charge >= 0.3 is 7.60 Å². The van der Waals surface area contributed by atoms with Crippen molar-refractivity contribution in [2.45, 2.75) is 47.5 Å². The normalized spacial score (nSPS) is 12.8. The van der Waals surface area contributed by atoms with E-state index in [0.29, 0.717) is 11.0 Å². The number of hydrogen-bond acceptors (Lipinski definition) is 5. The second kappa shape index (κ2) is 9.99. The summed E-state index contributed by atoms with van der Waals surface area (Å²) in [7, 11) is -3.37. The van der Waals surface area contributed by atoms with Crippen LogP contribution in [0.2, 0.25) is 0 Å². The molecule has 0 rings (SSSR count). The van der Waals surface area contributed by atoms with Crippen LogP contribution in [0.5, 0.6) is 0 Å². The Morgan fingerprint density at radius 1 is 1.10 bits per heavy atom. The lowest BCUT2D eigenvalue weighted by molar-refractivity contribution is 0.225. The largest absolute Gasteiger partial charge is 0.363 e. The minimum Gasteiger partial charge on any atom is -0.363 e. The molecule has 20 heavy (non-hydrogen) atoms. The molecule has 0 heterocycles. The molecule has 0 aromatic rings. The van der Waals surface area contributed by atoms with Crippen LogP contribution in [0.25, 0.3) is 0 Å². The summed E-state index contributed by atoms with van der Waals surface area (Å²) in [6.45, 7) is 11.4. The first kappa shape index (κ1) is 19.2. The van der Waals surface area contributed by atoms with Crippen molar-refractivity contribution in [3.8, 4) is 6.07 Å². The van der Waals surface area contributed by atoms with Gasteiger partial charge in [-0.15, -0.1) is 0 Å². The lowest BCUT2D eigenvalue weighted by Gasteiger charge is -2.26. The van der Waals surface area contributed by atoms with Crippen LogP contribution in [0.1, 0.15) is 47.5 Å². The molecule has 0 N–H and O–H groups in total. The molecule has 0 bridgehead atoms. The third kappa shape index (κ3) is 5.28. The molecule has 5 nitrogen and oxygen atoms in total. The van der Waals surface area contributed by atoms with Crippen molar-refractivity contribution in [3.63, 3.8) is 0 Å². The van der Waals surface area contributed by atoms with E-state index in [1.807, 2.05) is 4.90 Å². The third-order valence-electron chi connectivity index (χ3n) is 2.76. The summed E-state index contributed by atoms with van der Waals surface area (Å²) in [5.74, 6) is 0. The summed E-state index contributed by atoms with van der Waals surface area (Å²) >= 11 is 0. The van der Waals surface area contributed by atoms with Crippen LogP contribution in [-0.4, -0.2) is 31.2 Å². The highest BCUT2D eigenvalue weighted by Crippen LogP contribution is 2.57. The van der Waals surface area contributed by atoms with Gasteiger partial charge in [-0.05, 0) is 33.6 Å². The highest BCUT2D eigenvalue weighted by Gasteiger charge is 2.31. The van der Waals surface area contributed by atoms with Gasteiger partial charge in [0.1, 0.15) is 11.8 Å². The van der Waals surface area contributed by atoms with Gasteiger partial charge in [-0.1, -0.05) is 13.8 Å². The quantitative estimate of drug-likeness (QED) is 0.448. The Bertz CT molecular complexity index is 386. The molecule has 0 saturated heterocycles. The molecule has 116 valence electrons. The zero-order chi connectivity index (χ0) is 15.6. The van der Waals surface area contributed by atoms with E-state index in [1.165, 1.54) is 0 Å². The number of allylic oxidation sites excluding steroid dienone is 2. The van der Waals surface area contributed by atoms with Crippen molar-refractivity contribution in [2.24, 2.45) is 0 Å². The highest BCUT2D eigenvalue weighted by atomic mass is 31.2. The topological polar surface area (TPSA) is 62.6 Å². The molecule has 0 atom stereocenters. The van der Waals surface area contributed by atoms with Crippen molar-refractivity contribution >= 4 is 7.60 Å². The first-order valence-electron chi connectivity index (χ1n) is 7.26. The van der Waals surface area contributed by atoms with Crippen molar-refractivity contribution in [2.75, 3.05) is 26.3 Å². The molecule has 0 saturated carbocycles. The zero-order valence-corrected chi connectivity index (χ0v) is 14.2. The SMILES string of the molecule is CCCN(CCC)/C(C#N)=C(\C)P(=O)(OCC)OCC. The lowest BCUT2D eigenvalue weighted by atomic mass is 10.3. The van der Waals surface area contributed by atoms with Gasteiger partial charge in [0.15, 0.2) is 0 Å². The number of nitrogens with zero attached hydrogens (tertiary/aromatic N) is 2. The Morgan fingerprint density at radius 3 is 1.85 bits per heavy atom. The fourth-order valence-corrected chi connectivity index (χ4v) is 3.55. The van der Waals surface area contributed by atoms with E-state index in [2.05, 4.69) is 19.9 Å². The first-order valence-corrected chi connectivity index (χ1v) is 8.80. The summed E-state index contributed by atoms with van der Waals surface area (Å²) in [5.41, 5.74) is 0.416. The van der Waals surface area contributed by atoms with E-state index in [0.717, 1.165) is 25.9 Å². The van der Waals surface area contributed by atoms with Crippen molar-refractivity contribution in [1.29, 1.82) is 5.26 Å². The number of hydrogen-bond donors (Lipinski definition) is 0. The summed E-state index contributed by atoms with van der Waals surface area (Å²) in [4.78, 5) is 1.96. The van der Waals surface area contributed by atoms with Crippen LogP contribution in [0, 0.1) is 11.3 Å². The molecular weight excluding hydrogens is 275 g/mol. The molecule has 0 radical (unpaired) electrons. The molecule has 6 heteroatoms. The van der Waals surface area contributed by atoms with E-state index >= 15 is 0 Å². The maximum absolute atomic E-state index is 12.7. The van der Waals surface area contributed by atoms with E-state index in [1.54, 1.807) is 20.8 Å². The van der Waals surface area contributed by atoms with Crippen LogP contribution in [0.15, 0.2) is 11.0 Å². The average molecular weight is 302 g/mol. The first-order chi connectivity index (χ1) is 9.50. The predicted octanol–water partition coefficient (Wildman–Crippen LogP) is 4.13. The van der Waals surface area contributed by atoms with Gasteiger partial charge in [0, 0.05) is 13.1 Å². The minimum atomic E-state index is -3.37. The van der Waals surface area contributed by atoms with Gasteiger partial charge in [0.05, 0.1) is 18.5 Å². The summed E-state index contributed by atoms with van der Waals surface area (Å²) in [6, 6.07) is 2.17. The van der Waals surface area contributed by atoms with Gasteiger partial charge < -0.3 is 13.9 Å². The Morgan fingerprint density at radius 2 is 1.55 bits per heavy atom. The molecule has 0 fully saturated rings. The molecule has 0 aromatic carbocycles. The molecule has 0 aliphatic carbocycles. The van der Waals surface area contributed by atoms with Crippen LogP contribution < -0.4 is 0 Å². The van der Waals surface area contributed by atoms with Crippen LogP contribution in [-0.2, 0) is 13.6 Å². The van der Waals surface area contributed by atoms with Crippen LogP contribution in [0.3, 0.4) is 0 Å². The molecule has 0 unspecified atom stereocenters. The Balaban J connectivity index is 5.59. The molecular formula is C14H27N2O3P. The fourth-order valence-electron chi connectivity index (χ4n) is 1.96. The number of rotatable bonds is 10. The maximum Gasteiger partial charge on any atom is 0.359 e. The van der Waals surface area contributed by atoms with Crippen molar-refractivity contribution < 1.29 is 13.6 Å². The van der Waals surface area contributed by atoms with Crippen molar-refractivity contribution in [1.82, 2.24) is 4.90 Å². The smallest absolute Gasteiger partial charge is 0.359 e. The third-order valence-corrected chi connectivity index (χ3v) is 4.99. The average Bonchev–Trinajstić information content (AvgIpc) is 2.40. The predicted molar refractivity (Wildman–Crippen MR) is 81.3 cm³/mol. The van der Waals surface area contributed by atoms with Crippen molar-refractivity contribution in [3.05, 3.63) is 11.0 Å². The van der Waals surface area contributed by atoms with E-state index in [-0.39, 0.29) is 13.2 Å². The molecule has 0 aliphatic rings. The fraction of sp³-hybridized carbons (Fsp3) is 0.786. The second-order valence-corrected chi connectivity index (χ2v) is 6.55. The van der Waals surface area contributed by atoms with E-state index < -0.39 is 7.60 Å². The van der Waals surface area contributed by atoms with Crippen LogP contribution >= 0.6 is 7.60 Å². The van der Waals surface area contributed by atoms with Gasteiger partial charge in [-0.25, -0.2) is 0 Å². The second-order valence-electron chi connectivity index (χ2n) is 4.37. The van der Waals surface area contributed by atoms with Crippen LogP contribution in [0.4, 0.5) is 0 Å². The van der Waals surface area contributed by atoms with Gasteiger partial charge in [0.2, 0.25) is 0 Å². The molecule has 0 aromatic heterocycles. The summed E-state index contributed by atoms with van der Waals surface area (Å²) in [5, 5.41) is 9.85. The number of nitriles is 1. The van der Waals surface area contributed by atoms with Gasteiger partial charge in [-0.3, -0.25) is 4.57 Å². The Labute approximate surface area is 123 Å². The Kier molecular flexibility index (Phi) is 9.58. The molecule has 0 aliphatic heterocycles.